The summed E-state index contributed by atoms with van der Waals surface area (Å²) in [5.74, 6) is 1.05. The molecule has 0 saturated carbocycles. The van der Waals surface area contributed by atoms with E-state index < -0.39 is 0 Å². The van der Waals surface area contributed by atoms with Crippen molar-refractivity contribution in [2.24, 2.45) is 0 Å². The van der Waals surface area contributed by atoms with Crippen molar-refractivity contribution in [2.45, 2.75) is 26.7 Å². The first-order valence-electron chi connectivity index (χ1n) is 5.49. The molecule has 0 unspecified atom stereocenters. The van der Waals surface area contributed by atoms with Crippen LogP contribution in [0.3, 0.4) is 0 Å². The summed E-state index contributed by atoms with van der Waals surface area (Å²) in [4.78, 5) is 0. The van der Waals surface area contributed by atoms with Crippen LogP contribution in [-0.2, 0) is 11.2 Å². The zero-order valence-corrected chi connectivity index (χ0v) is 9.88. The van der Waals surface area contributed by atoms with Crippen molar-refractivity contribution < 1.29 is 9.47 Å². The summed E-state index contributed by atoms with van der Waals surface area (Å²) >= 11 is 0. The molecule has 1 aromatic rings. The van der Waals surface area contributed by atoms with Gasteiger partial charge in [0.05, 0.1) is 6.61 Å². The second-order valence-corrected chi connectivity index (χ2v) is 3.61. The highest BCUT2D eigenvalue weighted by molar-refractivity contribution is 5.40. The number of benzene rings is 1. The molecular formula is C13H20O2. The van der Waals surface area contributed by atoms with E-state index in [4.69, 9.17) is 9.47 Å². The Balaban J connectivity index is 2.58. The highest BCUT2D eigenvalue weighted by Crippen LogP contribution is 2.23. The van der Waals surface area contributed by atoms with E-state index in [2.05, 4.69) is 32.0 Å². The molecule has 0 aliphatic rings. The van der Waals surface area contributed by atoms with E-state index in [0.717, 1.165) is 31.8 Å². The van der Waals surface area contributed by atoms with Gasteiger partial charge in [-0.1, -0.05) is 25.1 Å². The predicted octanol–water partition coefficient (Wildman–Crippen LogP) is 2.97. The third-order valence-corrected chi connectivity index (χ3v) is 2.41. The summed E-state index contributed by atoms with van der Waals surface area (Å²) in [7, 11) is 1.71. The molecule has 0 aliphatic carbocycles. The topological polar surface area (TPSA) is 18.5 Å². The fourth-order valence-electron chi connectivity index (χ4n) is 1.58. The molecule has 0 spiro atoms. The van der Waals surface area contributed by atoms with Crippen LogP contribution in [0.15, 0.2) is 18.2 Å². The molecule has 0 N–H and O–H groups in total. The van der Waals surface area contributed by atoms with Crippen molar-refractivity contribution in [3.63, 3.8) is 0 Å². The van der Waals surface area contributed by atoms with Crippen LogP contribution in [0, 0.1) is 6.92 Å². The molecule has 0 atom stereocenters. The van der Waals surface area contributed by atoms with Gasteiger partial charge in [0.2, 0.25) is 0 Å². The Morgan fingerprint density at radius 3 is 2.67 bits per heavy atom. The van der Waals surface area contributed by atoms with E-state index >= 15 is 0 Å². The maximum absolute atomic E-state index is 5.78. The van der Waals surface area contributed by atoms with Crippen LogP contribution in [-0.4, -0.2) is 20.3 Å². The molecule has 0 radical (unpaired) electrons. The summed E-state index contributed by atoms with van der Waals surface area (Å²) in [5.41, 5.74) is 2.50. The van der Waals surface area contributed by atoms with Gasteiger partial charge in [-0.3, -0.25) is 0 Å². The lowest BCUT2D eigenvalue weighted by atomic mass is 10.1. The van der Waals surface area contributed by atoms with Crippen molar-refractivity contribution in [1.82, 2.24) is 0 Å². The van der Waals surface area contributed by atoms with Crippen LogP contribution >= 0.6 is 0 Å². The minimum absolute atomic E-state index is 0.728. The van der Waals surface area contributed by atoms with E-state index in [0.29, 0.717) is 0 Å². The van der Waals surface area contributed by atoms with Crippen LogP contribution in [0.1, 0.15) is 24.5 Å². The molecule has 0 bridgehead atoms. The van der Waals surface area contributed by atoms with Crippen LogP contribution in [0.25, 0.3) is 0 Å². The molecule has 0 aromatic heterocycles. The quantitative estimate of drug-likeness (QED) is 0.669. The monoisotopic (exact) mass is 208 g/mol. The molecule has 0 fully saturated rings. The fourth-order valence-corrected chi connectivity index (χ4v) is 1.58. The normalized spacial score (nSPS) is 10.3. The molecule has 0 aliphatic heterocycles. The van der Waals surface area contributed by atoms with Gasteiger partial charge in [0, 0.05) is 20.1 Å². The number of aryl methyl sites for hydroxylation is 2. The largest absolute Gasteiger partial charge is 0.493 e. The van der Waals surface area contributed by atoms with Gasteiger partial charge in [-0.05, 0) is 24.5 Å². The van der Waals surface area contributed by atoms with Gasteiger partial charge in [0.1, 0.15) is 5.75 Å². The first kappa shape index (κ1) is 12.1. The third kappa shape index (κ3) is 3.56. The highest BCUT2D eigenvalue weighted by Gasteiger charge is 2.04. The van der Waals surface area contributed by atoms with E-state index in [1.807, 2.05) is 0 Å². The second kappa shape index (κ2) is 6.46. The maximum Gasteiger partial charge on any atom is 0.125 e. The molecule has 0 saturated heterocycles. The van der Waals surface area contributed by atoms with Crippen LogP contribution < -0.4 is 4.74 Å². The maximum atomic E-state index is 5.78. The van der Waals surface area contributed by atoms with E-state index in [1.165, 1.54) is 11.1 Å². The Morgan fingerprint density at radius 1 is 1.20 bits per heavy atom. The van der Waals surface area contributed by atoms with Crippen LogP contribution in [0.4, 0.5) is 0 Å². The lowest BCUT2D eigenvalue weighted by Crippen LogP contribution is -2.04. The number of ether oxygens (including phenoxy) is 2. The summed E-state index contributed by atoms with van der Waals surface area (Å²) in [6.07, 6.45) is 1.95. The molecule has 0 amide bonds. The van der Waals surface area contributed by atoms with Gasteiger partial charge in [-0.15, -0.1) is 0 Å². The fraction of sp³-hybridized carbons (Fsp3) is 0.538. The van der Waals surface area contributed by atoms with Gasteiger partial charge >= 0.3 is 0 Å². The van der Waals surface area contributed by atoms with Crippen molar-refractivity contribution in [3.05, 3.63) is 29.3 Å². The predicted molar refractivity (Wildman–Crippen MR) is 62.5 cm³/mol. The van der Waals surface area contributed by atoms with E-state index in [-0.39, 0.29) is 0 Å². The number of hydrogen-bond donors (Lipinski definition) is 0. The average molecular weight is 208 g/mol. The highest BCUT2D eigenvalue weighted by atomic mass is 16.5. The van der Waals surface area contributed by atoms with E-state index in [9.17, 15) is 0 Å². The zero-order valence-electron chi connectivity index (χ0n) is 9.88. The number of para-hydroxylation sites is 1. The molecule has 2 heteroatoms. The van der Waals surface area contributed by atoms with Gasteiger partial charge in [-0.2, -0.15) is 0 Å². The number of rotatable bonds is 6. The Morgan fingerprint density at radius 2 is 2.00 bits per heavy atom. The van der Waals surface area contributed by atoms with Crippen molar-refractivity contribution in [2.75, 3.05) is 20.3 Å². The molecule has 0 heterocycles. The molecule has 2 nitrogen and oxygen atoms in total. The van der Waals surface area contributed by atoms with Crippen molar-refractivity contribution in [3.8, 4) is 5.75 Å². The Kier molecular flexibility index (Phi) is 5.19. The van der Waals surface area contributed by atoms with E-state index in [1.54, 1.807) is 7.11 Å². The van der Waals surface area contributed by atoms with Gasteiger partial charge in [0.15, 0.2) is 0 Å². The van der Waals surface area contributed by atoms with Gasteiger partial charge in [0.25, 0.3) is 0 Å². The molecule has 15 heavy (non-hydrogen) atoms. The third-order valence-electron chi connectivity index (χ3n) is 2.41. The van der Waals surface area contributed by atoms with Gasteiger partial charge in [-0.25, -0.2) is 0 Å². The summed E-state index contributed by atoms with van der Waals surface area (Å²) in [6.45, 7) is 5.72. The lowest BCUT2D eigenvalue weighted by molar-refractivity contribution is 0.171. The van der Waals surface area contributed by atoms with Gasteiger partial charge < -0.3 is 9.47 Å². The summed E-state index contributed by atoms with van der Waals surface area (Å²) in [6, 6.07) is 6.29. The SMILES string of the molecule is CCc1cccc(C)c1OCCCOC. The second-order valence-electron chi connectivity index (χ2n) is 3.61. The minimum atomic E-state index is 0.728. The Labute approximate surface area is 92.2 Å². The minimum Gasteiger partial charge on any atom is -0.493 e. The summed E-state index contributed by atoms with van der Waals surface area (Å²) < 4.78 is 10.8. The molecule has 1 rings (SSSR count). The molecule has 84 valence electrons. The summed E-state index contributed by atoms with van der Waals surface area (Å²) in [5, 5.41) is 0. The lowest BCUT2D eigenvalue weighted by Gasteiger charge is -2.12. The van der Waals surface area contributed by atoms with Crippen LogP contribution in [0.2, 0.25) is 0 Å². The Hall–Kier alpha value is -1.02. The van der Waals surface area contributed by atoms with Crippen molar-refractivity contribution >= 4 is 0 Å². The number of methoxy groups -OCH3 is 1. The zero-order chi connectivity index (χ0) is 11.1. The first-order chi connectivity index (χ1) is 7.29. The van der Waals surface area contributed by atoms with Crippen LogP contribution in [0.5, 0.6) is 5.75 Å². The molecular weight excluding hydrogens is 188 g/mol. The average Bonchev–Trinajstić information content (AvgIpc) is 2.26. The van der Waals surface area contributed by atoms with Crippen molar-refractivity contribution in [1.29, 1.82) is 0 Å². The smallest absolute Gasteiger partial charge is 0.125 e. The molecule has 1 aromatic carbocycles. The number of hydrogen-bond acceptors (Lipinski definition) is 2. The standard InChI is InChI=1S/C13H20O2/c1-4-12-8-5-7-11(2)13(12)15-10-6-9-14-3/h5,7-8H,4,6,9-10H2,1-3H3. The Bertz CT molecular complexity index is 295. The first-order valence-corrected chi connectivity index (χ1v) is 5.49.